The summed E-state index contributed by atoms with van der Waals surface area (Å²) < 4.78 is 14.1. The summed E-state index contributed by atoms with van der Waals surface area (Å²) in [6, 6.07) is 7.66. The number of nitrogens with zero attached hydrogens (tertiary/aromatic N) is 1. The van der Waals surface area contributed by atoms with Crippen molar-refractivity contribution in [1.29, 1.82) is 0 Å². The van der Waals surface area contributed by atoms with Crippen LogP contribution in [0.1, 0.15) is 34.5 Å². The van der Waals surface area contributed by atoms with Gasteiger partial charge in [-0.2, -0.15) is 0 Å². The first-order valence-electron chi connectivity index (χ1n) is 8.12. The van der Waals surface area contributed by atoms with Gasteiger partial charge >= 0.3 is 0 Å². The van der Waals surface area contributed by atoms with E-state index in [1.54, 1.807) is 17.0 Å². The van der Waals surface area contributed by atoms with E-state index >= 15 is 0 Å². The Morgan fingerprint density at radius 1 is 1.32 bits per heavy atom. The number of nitrogens with one attached hydrogen (secondary N) is 1. The lowest BCUT2D eigenvalue weighted by Crippen LogP contribution is -2.51. The second kappa shape index (κ2) is 8.10. The van der Waals surface area contributed by atoms with Gasteiger partial charge in [-0.3, -0.25) is 9.59 Å². The number of benzene rings is 1. The number of rotatable bonds is 4. The van der Waals surface area contributed by atoms with Gasteiger partial charge in [0.25, 0.3) is 5.91 Å². The van der Waals surface area contributed by atoms with Crippen LogP contribution in [0.2, 0.25) is 0 Å². The Balaban J connectivity index is 1.67. The van der Waals surface area contributed by atoms with Gasteiger partial charge in [0.2, 0.25) is 5.91 Å². The summed E-state index contributed by atoms with van der Waals surface area (Å²) in [5, 5.41) is 4.69. The molecule has 1 aliphatic rings. The predicted molar refractivity (Wildman–Crippen MR) is 98.9 cm³/mol. The molecule has 2 heterocycles. The maximum Gasteiger partial charge on any atom is 0.264 e. The number of hydrogen-bond donors (Lipinski definition) is 1. The normalized spacial score (nSPS) is 17.4. The highest BCUT2D eigenvalue weighted by Crippen LogP contribution is 2.22. The number of carbonyl (C=O) groups excluding carboxylic acids is 2. The zero-order valence-corrected chi connectivity index (χ0v) is 15.9. The molecule has 1 unspecified atom stereocenters. The van der Waals surface area contributed by atoms with E-state index in [2.05, 4.69) is 21.2 Å². The van der Waals surface area contributed by atoms with Crippen molar-refractivity contribution in [3.8, 4) is 0 Å². The SMILES string of the molecule is O=C(NCc1cc(F)cc(Br)c1)C1CCCCN1C(=O)c1cccs1. The zero-order valence-electron chi connectivity index (χ0n) is 13.5. The second-order valence-corrected chi connectivity index (χ2v) is 7.85. The summed E-state index contributed by atoms with van der Waals surface area (Å²) >= 11 is 4.62. The Morgan fingerprint density at radius 2 is 2.16 bits per heavy atom. The van der Waals surface area contributed by atoms with Gasteiger partial charge in [0.05, 0.1) is 4.88 Å². The molecule has 4 nitrogen and oxygen atoms in total. The molecule has 0 bridgehead atoms. The second-order valence-electron chi connectivity index (χ2n) is 5.98. The molecule has 0 spiro atoms. The zero-order chi connectivity index (χ0) is 17.8. The quantitative estimate of drug-likeness (QED) is 0.807. The first-order chi connectivity index (χ1) is 12.0. The van der Waals surface area contributed by atoms with E-state index in [9.17, 15) is 14.0 Å². The van der Waals surface area contributed by atoms with E-state index in [1.165, 1.54) is 23.5 Å². The third kappa shape index (κ3) is 4.46. The number of piperidine rings is 1. The molecule has 1 aromatic carbocycles. The number of carbonyl (C=O) groups is 2. The summed E-state index contributed by atoms with van der Waals surface area (Å²) in [5.41, 5.74) is 0.673. The smallest absolute Gasteiger partial charge is 0.264 e. The fourth-order valence-corrected chi connectivity index (χ4v) is 4.20. The highest BCUT2D eigenvalue weighted by atomic mass is 79.9. The Kier molecular flexibility index (Phi) is 5.86. The van der Waals surface area contributed by atoms with Gasteiger partial charge in [-0.05, 0) is 54.5 Å². The van der Waals surface area contributed by atoms with Crippen LogP contribution in [0.4, 0.5) is 4.39 Å². The van der Waals surface area contributed by atoms with Crippen LogP contribution < -0.4 is 5.32 Å². The van der Waals surface area contributed by atoms with E-state index in [-0.39, 0.29) is 24.2 Å². The van der Waals surface area contributed by atoms with Crippen LogP contribution in [-0.2, 0) is 11.3 Å². The van der Waals surface area contributed by atoms with E-state index in [1.807, 2.05) is 11.4 Å². The molecule has 2 aromatic rings. The molecule has 1 N–H and O–H groups in total. The molecule has 0 radical (unpaired) electrons. The monoisotopic (exact) mass is 424 g/mol. The molecule has 1 atom stereocenters. The Morgan fingerprint density at radius 3 is 2.88 bits per heavy atom. The molecule has 1 saturated heterocycles. The summed E-state index contributed by atoms with van der Waals surface area (Å²) in [6.45, 7) is 0.813. The predicted octanol–water partition coefficient (Wildman–Crippen LogP) is 3.96. The van der Waals surface area contributed by atoms with Crippen molar-refractivity contribution in [3.63, 3.8) is 0 Å². The average Bonchev–Trinajstić information content (AvgIpc) is 3.13. The standard InChI is InChI=1S/C18H18BrFN2O2S/c19-13-8-12(9-14(20)10-13)11-21-17(23)15-4-1-2-6-22(15)18(24)16-5-3-7-25-16/h3,5,7-10,15H,1-2,4,6,11H2,(H,21,23). The van der Waals surface area contributed by atoms with Crippen molar-refractivity contribution in [2.45, 2.75) is 31.8 Å². The van der Waals surface area contributed by atoms with Crippen LogP contribution in [0.3, 0.4) is 0 Å². The van der Waals surface area contributed by atoms with Gasteiger partial charge in [-0.25, -0.2) is 4.39 Å². The van der Waals surface area contributed by atoms with Crippen LogP contribution >= 0.6 is 27.3 Å². The number of thiophene rings is 1. The summed E-state index contributed by atoms with van der Waals surface area (Å²) in [5.74, 6) is -0.640. The van der Waals surface area contributed by atoms with Crippen LogP contribution in [0.15, 0.2) is 40.2 Å². The third-order valence-electron chi connectivity index (χ3n) is 4.19. The fourth-order valence-electron chi connectivity index (χ4n) is 3.01. The van der Waals surface area contributed by atoms with E-state index in [0.717, 1.165) is 12.8 Å². The molecule has 132 valence electrons. The highest BCUT2D eigenvalue weighted by molar-refractivity contribution is 9.10. The van der Waals surface area contributed by atoms with Gasteiger partial charge in [0.1, 0.15) is 11.9 Å². The van der Waals surface area contributed by atoms with Crippen LogP contribution in [0, 0.1) is 5.82 Å². The molecule has 0 aliphatic carbocycles. The van der Waals surface area contributed by atoms with Crippen molar-refractivity contribution in [2.75, 3.05) is 6.54 Å². The molecule has 1 aromatic heterocycles. The molecule has 7 heteroatoms. The molecule has 2 amide bonds. The minimum Gasteiger partial charge on any atom is -0.350 e. The van der Waals surface area contributed by atoms with Gasteiger partial charge < -0.3 is 10.2 Å². The lowest BCUT2D eigenvalue weighted by Gasteiger charge is -2.34. The molecular weight excluding hydrogens is 407 g/mol. The topological polar surface area (TPSA) is 49.4 Å². The van der Waals surface area contributed by atoms with E-state index < -0.39 is 6.04 Å². The van der Waals surface area contributed by atoms with Gasteiger partial charge in [-0.15, -0.1) is 11.3 Å². The first-order valence-corrected chi connectivity index (χ1v) is 9.79. The minimum absolute atomic E-state index is 0.0941. The third-order valence-corrected chi connectivity index (χ3v) is 5.50. The Labute approximate surface area is 158 Å². The molecule has 1 aliphatic heterocycles. The average molecular weight is 425 g/mol. The van der Waals surface area contributed by atoms with Gasteiger partial charge in [-0.1, -0.05) is 22.0 Å². The highest BCUT2D eigenvalue weighted by Gasteiger charge is 2.32. The molecule has 3 rings (SSSR count). The Hall–Kier alpha value is -1.73. The van der Waals surface area contributed by atoms with Gasteiger partial charge in [0, 0.05) is 17.6 Å². The van der Waals surface area contributed by atoms with Crippen molar-refractivity contribution in [2.24, 2.45) is 0 Å². The Bertz CT molecular complexity index is 746. The maximum atomic E-state index is 13.4. The van der Waals surface area contributed by atoms with E-state index in [4.69, 9.17) is 0 Å². The van der Waals surface area contributed by atoms with Crippen molar-refractivity contribution >= 4 is 39.1 Å². The summed E-state index contributed by atoms with van der Waals surface area (Å²) in [4.78, 5) is 27.6. The number of halogens is 2. The van der Waals surface area contributed by atoms with Crippen molar-refractivity contribution in [1.82, 2.24) is 10.2 Å². The minimum atomic E-state index is -0.472. The number of likely N-dealkylation sites (tertiary alicyclic amines) is 1. The van der Waals surface area contributed by atoms with Crippen LogP contribution in [-0.4, -0.2) is 29.3 Å². The largest absolute Gasteiger partial charge is 0.350 e. The lowest BCUT2D eigenvalue weighted by atomic mass is 10.0. The van der Waals surface area contributed by atoms with Crippen molar-refractivity contribution in [3.05, 3.63) is 56.4 Å². The maximum absolute atomic E-state index is 13.4. The van der Waals surface area contributed by atoms with Crippen molar-refractivity contribution < 1.29 is 14.0 Å². The lowest BCUT2D eigenvalue weighted by molar-refractivity contribution is -0.126. The number of amides is 2. The van der Waals surface area contributed by atoms with Crippen LogP contribution in [0.25, 0.3) is 0 Å². The molecule has 0 saturated carbocycles. The van der Waals surface area contributed by atoms with Gasteiger partial charge in [0.15, 0.2) is 0 Å². The molecule has 25 heavy (non-hydrogen) atoms. The first kappa shape index (κ1) is 18.1. The van der Waals surface area contributed by atoms with E-state index in [0.29, 0.717) is 27.9 Å². The summed E-state index contributed by atoms with van der Waals surface area (Å²) in [6.07, 6.45) is 2.46. The molecular formula is C18H18BrFN2O2S. The fraction of sp³-hybridized carbons (Fsp3) is 0.333. The van der Waals surface area contributed by atoms with Crippen LogP contribution in [0.5, 0.6) is 0 Å². The molecule has 1 fully saturated rings. The summed E-state index contributed by atoms with van der Waals surface area (Å²) in [7, 11) is 0. The number of hydrogen-bond acceptors (Lipinski definition) is 3.